The van der Waals surface area contributed by atoms with E-state index < -0.39 is 0 Å². The zero-order chi connectivity index (χ0) is 13.9. The van der Waals surface area contributed by atoms with Crippen LogP contribution in [0.4, 0.5) is 0 Å². The van der Waals surface area contributed by atoms with Gasteiger partial charge in [0.25, 0.3) is 5.56 Å². The number of rotatable bonds is 2. The Morgan fingerprint density at radius 1 is 1.20 bits per heavy atom. The van der Waals surface area contributed by atoms with Crippen molar-refractivity contribution < 1.29 is 0 Å². The van der Waals surface area contributed by atoms with Crippen LogP contribution in [0.2, 0.25) is 0 Å². The molecule has 1 aromatic carbocycles. The van der Waals surface area contributed by atoms with Gasteiger partial charge in [-0.3, -0.25) is 4.79 Å². The summed E-state index contributed by atoms with van der Waals surface area (Å²) in [5, 5.41) is 7.49. The van der Waals surface area contributed by atoms with Gasteiger partial charge >= 0.3 is 0 Å². The van der Waals surface area contributed by atoms with Crippen LogP contribution in [0.15, 0.2) is 47.4 Å². The molecule has 0 saturated carbocycles. The van der Waals surface area contributed by atoms with Crippen LogP contribution >= 0.6 is 0 Å². The van der Waals surface area contributed by atoms with E-state index in [2.05, 4.69) is 20.2 Å². The molecular formula is C14H11N5O. The molecule has 20 heavy (non-hydrogen) atoms. The minimum atomic E-state index is -0.386. The average Bonchev–Trinajstić information content (AvgIpc) is 2.47. The first kappa shape index (κ1) is 12.0. The molecular weight excluding hydrogens is 254 g/mol. The van der Waals surface area contributed by atoms with Crippen molar-refractivity contribution in [2.75, 3.05) is 0 Å². The van der Waals surface area contributed by atoms with Crippen LogP contribution in [0.1, 0.15) is 11.3 Å². The van der Waals surface area contributed by atoms with E-state index in [4.69, 9.17) is 5.73 Å². The van der Waals surface area contributed by atoms with Gasteiger partial charge in [0.1, 0.15) is 5.52 Å². The highest BCUT2D eigenvalue weighted by Gasteiger charge is 2.08. The molecule has 0 aliphatic heterocycles. The number of fused-ring (bicyclic) bond motifs is 1. The first-order valence-electron chi connectivity index (χ1n) is 5.98. The lowest BCUT2D eigenvalue weighted by Gasteiger charge is -2.02. The fourth-order valence-corrected chi connectivity index (χ4v) is 1.84. The second-order valence-corrected chi connectivity index (χ2v) is 4.19. The van der Waals surface area contributed by atoms with Crippen LogP contribution in [-0.4, -0.2) is 20.2 Å². The maximum Gasteiger partial charge on any atom is 0.277 e. The number of aromatic amines is 1. The molecule has 0 aliphatic rings. The van der Waals surface area contributed by atoms with Gasteiger partial charge in [-0.2, -0.15) is 5.10 Å². The summed E-state index contributed by atoms with van der Waals surface area (Å²) in [6.07, 6.45) is 3.21. The predicted octanol–water partition coefficient (Wildman–Crippen LogP) is 1.17. The Labute approximate surface area is 114 Å². The summed E-state index contributed by atoms with van der Waals surface area (Å²) in [4.78, 5) is 18.8. The molecule has 2 aromatic heterocycles. The molecule has 0 spiro atoms. The normalized spacial score (nSPS) is 11.7. The topological polar surface area (TPSA) is 97.5 Å². The Morgan fingerprint density at radius 3 is 2.80 bits per heavy atom. The minimum Gasteiger partial charge on any atom is -0.397 e. The molecule has 0 saturated heterocycles. The molecule has 0 fully saturated rings. The maximum atomic E-state index is 12.0. The fraction of sp³-hybridized carbons (Fsp3) is 0. The average molecular weight is 265 g/mol. The zero-order valence-electron chi connectivity index (χ0n) is 10.4. The number of nitrogens with two attached hydrogens (primary N) is 1. The van der Waals surface area contributed by atoms with Gasteiger partial charge in [-0.25, -0.2) is 4.98 Å². The second kappa shape index (κ2) is 4.93. The molecule has 0 amide bonds. The van der Waals surface area contributed by atoms with E-state index in [0.29, 0.717) is 16.9 Å². The maximum absolute atomic E-state index is 12.0. The number of nitrogens with one attached hydrogen (secondary N) is 1. The molecule has 98 valence electrons. The summed E-state index contributed by atoms with van der Waals surface area (Å²) in [7, 11) is 0. The van der Waals surface area contributed by atoms with E-state index in [1.807, 2.05) is 30.3 Å². The molecule has 6 nitrogen and oxygen atoms in total. The van der Waals surface area contributed by atoms with Crippen molar-refractivity contribution in [2.45, 2.75) is 0 Å². The fourth-order valence-electron chi connectivity index (χ4n) is 1.84. The van der Waals surface area contributed by atoms with Crippen molar-refractivity contribution >= 4 is 22.9 Å². The Hall–Kier alpha value is -3.02. The minimum absolute atomic E-state index is 0.175. The highest BCUT2D eigenvalue weighted by molar-refractivity contribution is 5.80. The van der Waals surface area contributed by atoms with Crippen molar-refractivity contribution in [2.24, 2.45) is 5.73 Å². The van der Waals surface area contributed by atoms with Crippen molar-refractivity contribution in [1.29, 1.82) is 0 Å². The number of benzene rings is 1. The Balaban J connectivity index is 2.12. The van der Waals surface area contributed by atoms with Crippen molar-refractivity contribution in [1.82, 2.24) is 20.2 Å². The standard InChI is InChI=1S/C14H11N5O/c15-10(8-9-4-2-1-3-5-9)12-14(20)18-13-11(17-12)6-7-16-19-13/h1-8H,15H2,(H,18,19,20)/b10-8-. The first-order valence-corrected chi connectivity index (χ1v) is 5.98. The van der Waals surface area contributed by atoms with Crippen LogP contribution in [0.5, 0.6) is 0 Å². The molecule has 0 bridgehead atoms. The van der Waals surface area contributed by atoms with E-state index in [1.165, 1.54) is 6.20 Å². The van der Waals surface area contributed by atoms with Crippen molar-refractivity contribution in [3.05, 3.63) is 64.2 Å². The monoisotopic (exact) mass is 265 g/mol. The van der Waals surface area contributed by atoms with Crippen LogP contribution in [0, 0.1) is 0 Å². The lowest BCUT2D eigenvalue weighted by atomic mass is 10.1. The SMILES string of the molecule is N/C(=C\c1ccccc1)c1nc2ccnnc2[nH]c1=O. The second-order valence-electron chi connectivity index (χ2n) is 4.19. The van der Waals surface area contributed by atoms with Gasteiger partial charge in [-0.15, -0.1) is 5.10 Å². The van der Waals surface area contributed by atoms with Gasteiger partial charge in [0.05, 0.1) is 11.9 Å². The van der Waals surface area contributed by atoms with Crippen molar-refractivity contribution in [3.8, 4) is 0 Å². The molecule has 3 N–H and O–H groups in total. The highest BCUT2D eigenvalue weighted by Crippen LogP contribution is 2.10. The summed E-state index contributed by atoms with van der Waals surface area (Å²) in [5.41, 5.74) is 7.84. The van der Waals surface area contributed by atoms with Gasteiger partial charge in [0.2, 0.25) is 0 Å². The third kappa shape index (κ3) is 2.26. The van der Waals surface area contributed by atoms with Gasteiger partial charge in [-0.1, -0.05) is 30.3 Å². The third-order valence-corrected chi connectivity index (χ3v) is 2.77. The van der Waals surface area contributed by atoms with Gasteiger partial charge in [0.15, 0.2) is 11.3 Å². The van der Waals surface area contributed by atoms with Crippen LogP contribution in [0.3, 0.4) is 0 Å². The summed E-state index contributed by atoms with van der Waals surface area (Å²) in [5.74, 6) is 0. The summed E-state index contributed by atoms with van der Waals surface area (Å²) in [6.45, 7) is 0. The molecule has 3 rings (SSSR count). The zero-order valence-corrected chi connectivity index (χ0v) is 10.4. The smallest absolute Gasteiger partial charge is 0.277 e. The van der Waals surface area contributed by atoms with E-state index in [0.717, 1.165) is 5.56 Å². The van der Waals surface area contributed by atoms with E-state index in [1.54, 1.807) is 12.1 Å². The number of H-pyrrole nitrogens is 1. The largest absolute Gasteiger partial charge is 0.397 e. The Kier molecular flexibility index (Phi) is 2.96. The number of hydrogen-bond acceptors (Lipinski definition) is 5. The number of hydrogen-bond donors (Lipinski definition) is 2. The van der Waals surface area contributed by atoms with Gasteiger partial charge in [0, 0.05) is 0 Å². The third-order valence-electron chi connectivity index (χ3n) is 2.77. The Morgan fingerprint density at radius 2 is 2.00 bits per heavy atom. The molecule has 0 unspecified atom stereocenters. The molecule has 6 heteroatoms. The molecule has 0 atom stereocenters. The summed E-state index contributed by atoms with van der Waals surface area (Å²) >= 11 is 0. The van der Waals surface area contributed by atoms with Crippen LogP contribution in [0.25, 0.3) is 22.9 Å². The molecule has 2 heterocycles. The molecule has 0 radical (unpaired) electrons. The lowest BCUT2D eigenvalue weighted by Crippen LogP contribution is -2.18. The number of nitrogens with zero attached hydrogens (tertiary/aromatic N) is 3. The highest BCUT2D eigenvalue weighted by atomic mass is 16.1. The van der Waals surface area contributed by atoms with E-state index in [9.17, 15) is 4.79 Å². The Bertz CT molecular complexity index is 839. The van der Waals surface area contributed by atoms with Crippen LogP contribution in [-0.2, 0) is 0 Å². The molecule has 0 aliphatic carbocycles. The predicted molar refractivity (Wildman–Crippen MR) is 76.5 cm³/mol. The molecule has 3 aromatic rings. The van der Waals surface area contributed by atoms with Gasteiger partial charge < -0.3 is 10.7 Å². The summed E-state index contributed by atoms with van der Waals surface area (Å²) < 4.78 is 0. The quantitative estimate of drug-likeness (QED) is 0.724. The lowest BCUT2D eigenvalue weighted by molar-refractivity contribution is 1.02. The van der Waals surface area contributed by atoms with Gasteiger partial charge in [-0.05, 0) is 17.7 Å². The van der Waals surface area contributed by atoms with E-state index >= 15 is 0 Å². The van der Waals surface area contributed by atoms with E-state index in [-0.39, 0.29) is 11.3 Å². The first-order chi connectivity index (χ1) is 9.74. The van der Waals surface area contributed by atoms with Crippen LogP contribution < -0.4 is 11.3 Å². The summed E-state index contributed by atoms with van der Waals surface area (Å²) in [6, 6.07) is 11.2. The number of aromatic nitrogens is 4. The van der Waals surface area contributed by atoms with Crippen molar-refractivity contribution in [3.63, 3.8) is 0 Å².